The summed E-state index contributed by atoms with van der Waals surface area (Å²) >= 11 is 0. The number of nitrogens with zero attached hydrogens (tertiary/aromatic N) is 1. The Balaban J connectivity index is 1.67. The zero-order valence-electron chi connectivity index (χ0n) is 7.91. The number of rotatable bonds is 3. The third-order valence-electron chi connectivity index (χ3n) is 3.26. The van der Waals surface area contributed by atoms with Crippen LogP contribution in [0.2, 0.25) is 0 Å². The highest BCUT2D eigenvalue weighted by atomic mass is 16.3. The van der Waals surface area contributed by atoms with Crippen molar-refractivity contribution in [2.75, 3.05) is 19.7 Å². The molecule has 2 rings (SSSR count). The van der Waals surface area contributed by atoms with Gasteiger partial charge in [-0.05, 0) is 18.8 Å². The van der Waals surface area contributed by atoms with Crippen LogP contribution in [0.15, 0.2) is 0 Å². The monoisotopic (exact) mass is 183 g/mol. The van der Waals surface area contributed by atoms with Gasteiger partial charge in [-0.15, -0.1) is 0 Å². The van der Waals surface area contributed by atoms with Gasteiger partial charge in [0.15, 0.2) is 0 Å². The van der Waals surface area contributed by atoms with Gasteiger partial charge in [0.25, 0.3) is 0 Å². The van der Waals surface area contributed by atoms with Crippen molar-refractivity contribution >= 4 is 5.91 Å². The SMILES string of the molecule is O=C(CC1CCC1)N1CC(CO)C1. The predicted octanol–water partition coefficient (Wildman–Crippen LogP) is 0.627. The van der Waals surface area contributed by atoms with E-state index in [2.05, 4.69) is 0 Å². The van der Waals surface area contributed by atoms with Crippen molar-refractivity contribution in [1.29, 1.82) is 0 Å². The first-order valence-corrected chi connectivity index (χ1v) is 5.18. The molecule has 0 aromatic heterocycles. The molecule has 1 aliphatic carbocycles. The van der Waals surface area contributed by atoms with Gasteiger partial charge < -0.3 is 10.0 Å². The second-order valence-corrected chi connectivity index (χ2v) is 4.35. The van der Waals surface area contributed by atoms with Crippen LogP contribution in [0.25, 0.3) is 0 Å². The number of aliphatic hydroxyl groups excluding tert-OH is 1. The van der Waals surface area contributed by atoms with Crippen molar-refractivity contribution < 1.29 is 9.90 Å². The minimum Gasteiger partial charge on any atom is -0.396 e. The van der Waals surface area contributed by atoms with Crippen molar-refractivity contribution in [1.82, 2.24) is 4.90 Å². The molecule has 13 heavy (non-hydrogen) atoms. The molecular formula is C10H17NO2. The van der Waals surface area contributed by atoms with Crippen LogP contribution >= 0.6 is 0 Å². The minimum absolute atomic E-state index is 0.229. The molecule has 1 N–H and O–H groups in total. The third kappa shape index (κ3) is 1.85. The molecule has 1 saturated heterocycles. The molecule has 3 heteroatoms. The van der Waals surface area contributed by atoms with Gasteiger partial charge in [-0.3, -0.25) is 4.79 Å². The van der Waals surface area contributed by atoms with Gasteiger partial charge in [0, 0.05) is 32.0 Å². The zero-order valence-corrected chi connectivity index (χ0v) is 7.91. The Morgan fingerprint density at radius 3 is 2.46 bits per heavy atom. The Bertz CT molecular complexity index is 195. The van der Waals surface area contributed by atoms with Crippen molar-refractivity contribution in [3.05, 3.63) is 0 Å². The summed E-state index contributed by atoms with van der Waals surface area (Å²) in [6.07, 6.45) is 4.53. The van der Waals surface area contributed by atoms with E-state index in [1.165, 1.54) is 19.3 Å². The lowest BCUT2D eigenvalue weighted by Crippen LogP contribution is -2.51. The molecule has 74 valence electrons. The highest BCUT2D eigenvalue weighted by Crippen LogP contribution is 2.30. The lowest BCUT2D eigenvalue weighted by Gasteiger charge is -2.39. The summed E-state index contributed by atoms with van der Waals surface area (Å²) < 4.78 is 0. The molecule has 0 aromatic carbocycles. The fraction of sp³-hybridized carbons (Fsp3) is 0.900. The molecule has 0 unspecified atom stereocenters. The maximum atomic E-state index is 11.5. The number of amides is 1. The first-order valence-electron chi connectivity index (χ1n) is 5.18. The van der Waals surface area contributed by atoms with Gasteiger partial charge in [-0.1, -0.05) is 6.42 Å². The van der Waals surface area contributed by atoms with E-state index in [0.717, 1.165) is 19.5 Å². The number of hydrogen-bond donors (Lipinski definition) is 1. The molecule has 2 fully saturated rings. The average Bonchev–Trinajstić information content (AvgIpc) is 1.95. The zero-order chi connectivity index (χ0) is 9.26. The van der Waals surface area contributed by atoms with E-state index in [-0.39, 0.29) is 6.61 Å². The van der Waals surface area contributed by atoms with Crippen molar-refractivity contribution in [3.63, 3.8) is 0 Å². The maximum absolute atomic E-state index is 11.5. The second-order valence-electron chi connectivity index (χ2n) is 4.35. The van der Waals surface area contributed by atoms with Gasteiger partial charge >= 0.3 is 0 Å². The molecule has 2 aliphatic rings. The molecule has 1 saturated carbocycles. The highest BCUT2D eigenvalue weighted by molar-refractivity contribution is 5.77. The fourth-order valence-electron chi connectivity index (χ4n) is 1.96. The van der Waals surface area contributed by atoms with Crippen LogP contribution in [0.5, 0.6) is 0 Å². The van der Waals surface area contributed by atoms with Gasteiger partial charge in [0.1, 0.15) is 0 Å². The maximum Gasteiger partial charge on any atom is 0.222 e. The molecule has 0 aromatic rings. The smallest absolute Gasteiger partial charge is 0.222 e. The summed E-state index contributed by atoms with van der Waals surface area (Å²) in [6.45, 7) is 1.79. The quantitative estimate of drug-likeness (QED) is 0.697. The van der Waals surface area contributed by atoms with Gasteiger partial charge in [-0.2, -0.15) is 0 Å². The van der Waals surface area contributed by atoms with Crippen LogP contribution in [0.3, 0.4) is 0 Å². The fourth-order valence-corrected chi connectivity index (χ4v) is 1.96. The molecule has 1 heterocycles. The molecule has 3 nitrogen and oxygen atoms in total. The Hall–Kier alpha value is -0.570. The van der Waals surface area contributed by atoms with Crippen LogP contribution in [0, 0.1) is 11.8 Å². The highest BCUT2D eigenvalue weighted by Gasteiger charge is 2.31. The van der Waals surface area contributed by atoms with E-state index < -0.39 is 0 Å². The Labute approximate surface area is 78.7 Å². The van der Waals surface area contributed by atoms with Gasteiger partial charge in [0.2, 0.25) is 5.91 Å². The molecule has 0 bridgehead atoms. The Morgan fingerprint density at radius 2 is 2.00 bits per heavy atom. The summed E-state index contributed by atoms with van der Waals surface area (Å²) in [6, 6.07) is 0. The summed E-state index contributed by atoms with van der Waals surface area (Å²) in [4.78, 5) is 13.4. The number of carbonyl (C=O) groups is 1. The van der Waals surface area contributed by atoms with Crippen LogP contribution < -0.4 is 0 Å². The molecular weight excluding hydrogens is 166 g/mol. The lowest BCUT2D eigenvalue weighted by molar-refractivity contribution is -0.140. The molecule has 1 amide bonds. The Kier molecular flexibility index (Phi) is 2.54. The van der Waals surface area contributed by atoms with Crippen molar-refractivity contribution in [3.8, 4) is 0 Å². The van der Waals surface area contributed by atoms with Crippen LogP contribution in [0.4, 0.5) is 0 Å². The molecule has 1 aliphatic heterocycles. The van der Waals surface area contributed by atoms with E-state index in [9.17, 15) is 4.79 Å². The second kappa shape index (κ2) is 3.66. The summed E-state index contributed by atoms with van der Waals surface area (Å²) in [5, 5.41) is 8.79. The van der Waals surface area contributed by atoms with Crippen LogP contribution in [0.1, 0.15) is 25.7 Å². The largest absolute Gasteiger partial charge is 0.396 e. The van der Waals surface area contributed by atoms with Crippen LogP contribution in [-0.2, 0) is 4.79 Å². The van der Waals surface area contributed by atoms with Crippen molar-refractivity contribution in [2.24, 2.45) is 11.8 Å². The minimum atomic E-state index is 0.229. The van der Waals surface area contributed by atoms with Crippen molar-refractivity contribution in [2.45, 2.75) is 25.7 Å². The van der Waals surface area contributed by atoms with E-state index >= 15 is 0 Å². The van der Waals surface area contributed by atoms with E-state index in [1.54, 1.807) is 0 Å². The number of hydrogen-bond acceptors (Lipinski definition) is 2. The number of aliphatic hydroxyl groups is 1. The summed E-state index contributed by atoms with van der Waals surface area (Å²) in [5.74, 6) is 1.32. The average molecular weight is 183 g/mol. The topological polar surface area (TPSA) is 40.5 Å². The third-order valence-corrected chi connectivity index (χ3v) is 3.26. The molecule has 0 radical (unpaired) electrons. The normalized spacial score (nSPS) is 23.9. The van der Waals surface area contributed by atoms with Gasteiger partial charge in [0.05, 0.1) is 0 Å². The number of likely N-dealkylation sites (tertiary alicyclic amines) is 1. The van der Waals surface area contributed by atoms with E-state index in [0.29, 0.717) is 17.7 Å². The molecule has 0 spiro atoms. The Morgan fingerprint density at radius 1 is 1.31 bits per heavy atom. The van der Waals surface area contributed by atoms with E-state index in [1.807, 2.05) is 4.90 Å². The van der Waals surface area contributed by atoms with E-state index in [4.69, 9.17) is 5.11 Å². The summed E-state index contributed by atoms with van der Waals surface area (Å²) in [7, 11) is 0. The van der Waals surface area contributed by atoms with Crippen LogP contribution in [-0.4, -0.2) is 35.6 Å². The molecule has 0 atom stereocenters. The standard InChI is InChI=1S/C10H17NO2/c12-7-9-5-11(6-9)10(13)4-8-2-1-3-8/h8-9,12H,1-7H2. The first-order chi connectivity index (χ1) is 6.29. The van der Waals surface area contributed by atoms with Gasteiger partial charge in [-0.25, -0.2) is 0 Å². The summed E-state index contributed by atoms with van der Waals surface area (Å²) in [5.41, 5.74) is 0. The first kappa shape index (κ1) is 9.00. The number of carbonyl (C=O) groups excluding carboxylic acids is 1. The lowest BCUT2D eigenvalue weighted by atomic mass is 9.82. The predicted molar refractivity (Wildman–Crippen MR) is 49.1 cm³/mol.